The third kappa shape index (κ3) is 3.07. The Morgan fingerprint density at radius 1 is 0.955 bits per heavy atom. The number of aryl methyl sites for hydroxylation is 2. The van der Waals surface area contributed by atoms with Crippen LogP contribution in [0.3, 0.4) is 0 Å². The molecule has 6 nitrogen and oxygen atoms in total. The van der Waals surface area contributed by atoms with Crippen LogP contribution in [0.5, 0.6) is 0 Å². The van der Waals surface area contributed by atoms with Gasteiger partial charge in [0.15, 0.2) is 0 Å². The summed E-state index contributed by atoms with van der Waals surface area (Å²) in [5.41, 5.74) is 1.08. The first kappa shape index (κ1) is 14.5. The van der Waals surface area contributed by atoms with Gasteiger partial charge in [0.1, 0.15) is 17.7 Å². The Morgan fingerprint density at radius 3 is 2.14 bits per heavy atom. The molecule has 0 unspecified atom stereocenters. The summed E-state index contributed by atoms with van der Waals surface area (Å²) in [6.07, 6.45) is 10.2. The zero-order valence-electron chi connectivity index (χ0n) is 12.8. The molecule has 3 rings (SSSR count). The lowest BCUT2D eigenvalue weighted by Gasteiger charge is -2.18. The summed E-state index contributed by atoms with van der Waals surface area (Å²) in [4.78, 5) is 13.3. The molecule has 0 atom stereocenters. The fourth-order valence-corrected chi connectivity index (χ4v) is 2.50. The number of rotatable bonds is 6. The van der Waals surface area contributed by atoms with Gasteiger partial charge in [-0.05, 0) is 12.1 Å². The molecule has 0 radical (unpaired) electrons. The highest BCUT2D eigenvalue weighted by molar-refractivity contribution is 5.13. The number of hydrogen-bond acceptors (Lipinski definition) is 4. The predicted molar refractivity (Wildman–Crippen MR) is 84.2 cm³/mol. The smallest absolute Gasteiger partial charge is 0.133 e. The topological polar surface area (TPSA) is 60.6 Å². The summed E-state index contributed by atoms with van der Waals surface area (Å²) < 4.78 is 4.04. The van der Waals surface area contributed by atoms with Gasteiger partial charge in [0, 0.05) is 63.7 Å². The van der Waals surface area contributed by atoms with E-state index < -0.39 is 0 Å². The van der Waals surface area contributed by atoms with Crippen LogP contribution in [0.4, 0.5) is 0 Å². The van der Waals surface area contributed by atoms with Crippen LogP contribution in [0.2, 0.25) is 0 Å². The van der Waals surface area contributed by atoms with Crippen molar-refractivity contribution in [2.24, 2.45) is 14.1 Å². The lowest BCUT2D eigenvalue weighted by atomic mass is 10.2. The van der Waals surface area contributed by atoms with Crippen molar-refractivity contribution in [3.8, 4) is 0 Å². The molecule has 0 saturated heterocycles. The van der Waals surface area contributed by atoms with Crippen molar-refractivity contribution in [1.82, 2.24) is 29.4 Å². The van der Waals surface area contributed by atoms with E-state index in [1.165, 1.54) is 0 Å². The van der Waals surface area contributed by atoms with E-state index in [4.69, 9.17) is 0 Å². The van der Waals surface area contributed by atoms with Gasteiger partial charge in [-0.25, -0.2) is 9.97 Å². The summed E-state index contributed by atoms with van der Waals surface area (Å²) in [7, 11) is 4.00. The molecule has 1 N–H and O–H groups in total. The first-order valence-corrected chi connectivity index (χ1v) is 7.33. The van der Waals surface area contributed by atoms with Gasteiger partial charge >= 0.3 is 0 Å². The molecule has 3 heterocycles. The van der Waals surface area contributed by atoms with Crippen molar-refractivity contribution in [2.45, 2.75) is 12.5 Å². The number of pyridine rings is 1. The van der Waals surface area contributed by atoms with Crippen molar-refractivity contribution in [3.05, 3.63) is 66.5 Å². The minimum absolute atomic E-state index is 0.0382. The number of aromatic nitrogens is 5. The standard InChI is InChI=1S/C16H20N6/c1-21-11-9-19-15(21)14(16-20-10-12-22(16)2)18-8-6-13-5-3-4-7-17-13/h3-5,7,9-12,14,18H,6,8H2,1-2H3. The molecule has 3 aromatic rings. The zero-order chi connectivity index (χ0) is 15.4. The van der Waals surface area contributed by atoms with Crippen molar-refractivity contribution in [2.75, 3.05) is 6.54 Å². The first-order valence-electron chi connectivity index (χ1n) is 7.33. The molecule has 0 amide bonds. The lowest BCUT2D eigenvalue weighted by molar-refractivity contribution is 0.521. The maximum absolute atomic E-state index is 4.47. The molecule has 0 aliphatic rings. The molecule has 22 heavy (non-hydrogen) atoms. The van der Waals surface area contributed by atoms with Crippen LogP contribution in [0.1, 0.15) is 23.4 Å². The minimum Gasteiger partial charge on any atom is -0.336 e. The molecule has 0 aliphatic heterocycles. The lowest BCUT2D eigenvalue weighted by Crippen LogP contribution is -2.29. The van der Waals surface area contributed by atoms with Crippen molar-refractivity contribution >= 4 is 0 Å². The fourth-order valence-electron chi connectivity index (χ4n) is 2.50. The highest BCUT2D eigenvalue weighted by Gasteiger charge is 2.21. The highest BCUT2D eigenvalue weighted by atomic mass is 15.2. The maximum atomic E-state index is 4.47. The predicted octanol–water partition coefficient (Wildman–Crippen LogP) is 1.47. The molecule has 0 aliphatic carbocycles. The van der Waals surface area contributed by atoms with Crippen LogP contribution in [0, 0.1) is 0 Å². The van der Waals surface area contributed by atoms with E-state index in [2.05, 4.69) is 20.3 Å². The van der Waals surface area contributed by atoms with Crippen molar-refractivity contribution in [1.29, 1.82) is 0 Å². The second-order valence-corrected chi connectivity index (χ2v) is 5.25. The number of nitrogens with one attached hydrogen (secondary N) is 1. The van der Waals surface area contributed by atoms with Crippen LogP contribution in [0.15, 0.2) is 49.2 Å². The summed E-state index contributed by atoms with van der Waals surface area (Å²) in [5, 5.41) is 3.55. The van der Waals surface area contributed by atoms with Gasteiger partial charge in [-0.2, -0.15) is 0 Å². The molecular formula is C16H20N6. The van der Waals surface area contributed by atoms with Gasteiger partial charge in [0.25, 0.3) is 0 Å². The molecule has 0 saturated carbocycles. The van der Waals surface area contributed by atoms with E-state index >= 15 is 0 Å². The van der Waals surface area contributed by atoms with Crippen LogP contribution in [-0.4, -0.2) is 30.6 Å². The van der Waals surface area contributed by atoms with Gasteiger partial charge in [-0.3, -0.25) is 4.98 Å². The molecule has 0 aromatic carbocycles. The largest absolute Gasteiger partial charge is 0.336 e. The summed E-state index contributed by atoms with van der Waals surface area (Å²) in [5.74, 6) is 1.91. The van der Waals surface area contributed by atoms with E-state index in [0.29, 0.717) is 0 Å². The van der Waals surface area contributed by atoms with E-state index in [-0.39, 0.29) is 6.04 Å². The van der Waals surface area contributed by atoms with E-state index in [0.717, 1.165) is 30.3 Å². The fraction of sp³-hybridized carbons (Fsp3) is 0.312. The monoisotopic (exact) mass is 296 g/mol. The van der Waals surface area contributed by atoms with Crippen molar-refractivity contribution in [3.63, 3.8) is 0 Å². The molecule has 6 heteroatoms. The Kier molecular flexibility index (Phi) is 4.29. The third-order valence-corrected chi connectivity index (χ3v) is 3.69. The van der Waals surface area contributed by atoms with Gasteiger partial charge in [-0.15, -0.1) is 0 Å². The van der Waals surface area contributed by atoms with Gasteiger partial charge in [-0.1, -0.05) is 6.07 Å². The summed E-state index contributed by atoms with van der Waals surface area (Å²) >= 11 is 0. The summed E-state index contributed by atoms with van der Waals surface area (Å²) in [6.45, 7) is 0.807. The normalized spacial score (nSPS) is 11.2. The second kappa shape index (κ2) is 6.53. The number of imidazole rings is 2. The summed E-state index contributed by atoms with van der Waals surface area (Å²) in [6, 6.07) is 5.94. The van der Waals surface area contributed by atoms with Gasteiger partial charge in [0.2, 0.25) is 0 Å². The van der Waals surface area contributed by atoms with Crippen LogP contribution < -0.4 is 5.32 Å². The second-order valence-electron chi connectivity index (χ2n) is 5.25. The van der Waals surface area contributed by atoms with Crippen LogP contribution >= 0.6 is 0 Å². The van der Waals surface area contributed by atoms with Crippen LogP contribution in [-0.2, 0) is 20.5 Å². The molecule has 0 bridgehead atoms. The maximum Gasteiger partial charge on any atom is 0.133 e. The average molecular weight is 296 g/mol. The third-order valence-electron chi connectivity index (χ3n) is 3.69. The Morgan fingerprint density at radius 2 is 1.64 bits per heavy atom. The highest BCUT2D eigenvalue weighted by Crippen LogP contribution is 2.18. The SMILES string of the molecule is Cn1ccnc1C(NCCc1ccccn1)c1nccn1C. The molecule has 0 fully saturated rings. The van der Waals surface area contributed by atoms with E-state index in [9.17, 15) is 0 Å². The molecule has 3 aromatic heterocycles. The zero-order valence-corrected chi connectivity index (χ0v) is 12.8. The Labute approximate surface area is 129 Å². The number of nitrogens with zero attached hydrogens (tertiary/aromatic N) is 5. The van der Waals surface area contributed by atoms with Gasteiger partial charge in [0.05, 0.1) is 0 Å². The van der Waals surface area contributed by atoms with E-state index in [1.807, 2.05) is 72.4 Å². The van der Waals surface area contributed by atoms with Crippen molar-refractivity contribution < 1.29 is 0 Å². The average Bonchev–Trinajstić information content (AvgIpc) is 3.14. The van der Waals surface area contributed by atoms with Crippen LogP contribution in [0.25, 0.3) is 0 Å². The van der Waals surface area contributed by atoms with E-state index in [1.54, 1.807) is 0 Å². The molecule has 114 valence electrons. The van der Waals surface area contributed by atoms with Gasteiger partial charge < -0.3 is 14.5 Å². The number of hydrogen-bond donors (Lipinski definition) is 1. The quantitative estimate of drug-likeness (QED) is 0.748. The minimum atomic E-state index is -0.0382. The molecular weight excluding hydrogens is 276 g/mol. The Balaban J connectivity index is 1.75. The molecule has 0 spiro atoms. The first-order chi connectivity index (χ1) is 10.8. The Hall–Kier alpha value is -2.47. The Bertz CT molecular complexity index is 675.